The van der Waals surface area contributed by atoms with E-state index >= 15 is 0 Å². The molecule has 0 amide bonds. The van der Waals surface area contributed by atoms with E-state index in [0.717, 1.165) is 30.0 Å². The summed E-state index contributed by atoms with van der Waals surface area (Å²) in [7, 11) is -3.98. The Morgan fingerprint density at radius 2 is 1.43 bits per heavy atom. The Bertz CT molecular complexity index is 211. The number of nitrogens with zero attached hydrogens (tertiary/aromatic N) is 1. The third-order valence-corrected chi connectivity index (χ3v) is 2.87. The van der Waals surface area contributed by atoms with E-state index in [4.69, 9.17) is 4.55 Å². The van der Waals surface area contributed by atoms with Gasteiger partial charge in [0.1, 0.15) is 0 Å². The summed E-state index contributed by atoms with van der Waals surface area (Å²) in [5.41, 5.74) is 0. The number of unbranched alkanes of at least 4 members (excludes halogenated alkanes) is 2. The Morgan fingerprint density at radius 1 is 1.07 bits per heavy atom. The molecule has 6 heteroatoms. The van der Waals surface area contributed by atoms with Crippen LogP contribution in [0.15, 0.2) is 0 Å². The van der Waals surface area contributed by atoms with Crippen LogP contribution in [0.3, 0.4) is 0 Å². The quantitative estimate of drug-likeness (QED) is 0.568. The van der Waals surface area contributed by atoms with E-state index in [0.29, 0.717) is 13.1 Å². The van der Waals surface area contributed by atoms with Crippen molar-refractivity contribution in [2.45, 2.75) is 39.5 Å². The summed E-state index contributed by atoms with van der Waals surface area (Å²) in [6.07, 6.45) is 3.45. The molecule has 0 aromatic carbocycles. The van der Waals surface area contributed by atoms with Gasteiger partial charge in [-0.2, -0.15) is 12.7 Å². The minimum atomic E-state index is -3.98. The maximum absolute atomic E-state index is 10.8. The first-order chi connectivity index (χ1) is 6.02. The standard InChI is InChI=1S/C8H19NO3S.Zn/c1-3-5-7-9(8-6-4-2)13(10,11)12;/h3-8H2,1-2H3,(H,10,11,12);. The van der Waals surface area contributed by atoms with Gasteiger partial charge < -0.3 is 0 Å². The Labute approximate surface area is 99.7 Å². The molecule has 0 aliphatic carbocycles. The number of rotatable bonds is 7. The average Bonchev–Trinajstić information content (AvgIpc) is 2.02. The largest absolute Gasteiger partial charge is 0.335 e. The second-order valence-electron chi connectivity index (χ2n) is 3.08. The van der Waals surface area contributed by atoms with E-state index in [1.165, 1.54) is 0 Å². The Hall–Kier alpha value is 0.493. The Kier molecular flexibility index (Phi) is 10.6. The molecule has 0 spiro atoms. The van der Waals surface area contributed by atoms with Crippen LogP contribution in [0.4, 0.5) is 0 Å². The molecule has 0 radical (unpaired) electrons. The molecule has 4 nitrogen and oxygen atoms in total. The summed E-state index contributed by atoms with van der Waals surface area (Å²) in [6, 6.07) is 0. The predicted molar refractivity (Wildman–Crippen MR) is 52.9 cm³/mol. The summed E-state index contributed by atoms with van der Waals surface area (Å²) in [6.45, 7) is 4.83. The van der Waals surface area contributed by atoms with Gasteiger partial charge in [0.2, 0.25) is 0 Å². The summed E-state index contributed by atoms with van der Waals surface area (Å²) in [4.78, 5) is 0. The van der Waals surface area contributed by atoms with Crippen LogP contribution in [-0.4, -0.2) is 30.4 Å². The van der Waals surface area contributed by atoms with Crippen LogP contribution in [0.2, 0.25) is 0 Å². The normalized spacial score (nSPS) is 11.4. The fourth-order valence-corrected chi connectivity index (χ4v) is 1.73. The van der Waals surface area contributed by atoms with Crippen molar-refractivity contribution in [1.29, 1.82) is 0 Å². The molecule has 0 aliphatic rings. The van der Waals surface area contributed by atoms with Crippen molar-refractivity contribution >= 4 is 10.3 Å². The molecule has 0 atom stereocenters. The molecular weight excluding hydrogens is 256 g/mol. The average molecular weight is 275 g/mol. The Morgan fingerprint density at radius 3 is 1.64 bits per heavy atom. The second kappa shape index (κ2) is 8.77. The van der Waals surface area contributed by atoms with Gasteiger partial charge in [-0.1, -0.05) is 26.7 Å². The van der Waals surface area contributed by atoms with E-state index in [1.807, 2.05) is 13.8 Å². The fourth-order valence-electron chi connectivity index (χ4n) is 1.01. The van der Waals surface area contributed by atoms with E-state index < -0.39 is 10.3 Å². The van der Waals surface area contributed by atoms with Crippen LogP contribution in [0, 0.1) is 0 Å². The molecule has 0 saturated carbocycles. The minimum Gasteiger partial charge on any atom is -0.273 e. The van der Waals surface area contributed by atoms with Gasteiger partial charge >= 0.3 is 10.3 Å². The van der Waals surface area contributed by atoms with Crippen molar-refractivity contribution in [3.05, 3.63) is 0 Å². The first kappa shape index (κ1) is 16.9. The monoisotopic (exact) mass is 273 g/mol. The van der Waals surface area contributed by atoms with Gasteiger partial charge in [0, 0.05) is 32.6 Å². The van der Waals surface area contributed by atoms with Gasteiger partial charge in [0.15, 0.2) is 0 Å². The molecule has 0 aromatic rings. The van der Waals surface area contributed by atoms with Crippen molar-refractivity contribution in [2.24, 2.45) is 0 Å². The van der Waals surface area contributed by atoms with Crippen LogP contribution >= 0.6 is 0 Å². The molecule has 0 unspecified atom stereocenters. The predicted octanol–water partition coefficient (Wildman–Crippen LogP) is 1.69. The van der Waals surface area contributed by atoms with Crippen molar-refractivity contribution in [1.82, 2.24) is 4.31 Å². The SMILES string of the molecule is CCCCN(CCCC)S(=O)(=O)O.[Zn]. The van der Waals surface area contributed by atoms with Crippen LogP contribution in [-0.2, 0) is 29.8 Å². The zero-order valence-electron chi connectivity index (χ0n) is 9.07. The zero-order valence-corrected chi connectivity index (χ0v) is 12.9. The van der Waals surface area contributed by atoms with Gasteiger partial charge in [-0.3, -0.25) is 4.55 Å². The number of hydrogen-bond donors (Lipinski definition) is 1. The molecule has 82 valence electrons. The van der Waals surface area contributed by atoms with Gasteiger partial charge in [-0.25, -0.2) is 0 Å². The molecule has 0 bridgehead atoms. The van der Waals surface area contributed by atoms with Gasteiger partial charge in [-0.15, -0.1) is 0 Å². The minimum absolute atomic E-state index is 0. The maximum atomic E-state index is 10.8. The van der Waals surface area contributed by atoms with E-state index in [1.54, 1.807) is 0 Å². The molecule has 1 N–H and O–H groups in total. The van der Waals surface area contributed by atoms with Crippen molar-refractivity contribution in [2.75, 3.05) is 13.1 Å². The summed E-state index contributed by atoms with van der Waals surface area (Å²) in [5.74, 6) is 0. The number of hydrogen-bond acceptors (Lipinski definition) is 2. The molecule has 0 fully saturated rings. The van der Waals surface area contributed by atoms with Crippen LogP contribution < -0.4 is 0 Å². The smallest absolute Gasteiger partial charge is 0.273 e. The molecule has 0 heterocycles. The summed E-state index contributed by atoms with van der Waals surface area (Å²) >= 11 is 0. The third-order valence-electron chi connectivity index (χ3n) is 1.85. The summed E-state index contributed by atoms with van der Waals surface area (Å²) < 4.78 is 31.6. The van der Waals surface area contributed by atoms with E-state index in [-0.39, 0.29) is 19.5 Å². The Balaban J connectivity index is 0. The molecule has 0 saturated heterocycles. The second-order valence-corrected chi connectivity index (χ2v) is 4.50. The van der Waals surface area contributed by atoms with Crippen molar-refractivity contribution in [3.8, 4) is 0 Å². The van der Waals surface area contributed by atoms with Crippen LogP contribution in [0.25, 0.3) is 0 Å². The molecule has 0 rings (SSSR count). The van der Waals surface area contributed by atoms with E-state index in [2.05, 4.69) is 0 Å². The van der Waals surface area contributed by atoms with Gasteiger partial charge in [0.25, 0.3) is 0 Å². The molecular formula is C8H19NO3SZn. The van der Waals surface area contributed by atoms with Crippen molar-refractivity contribution < 1.29 is 32.4 Å². The zero-order chi connectivity index (χ0) is 10.3. The molecule has 14 heavy (non-hydrogen) atoms. The van der Waals surface area contributed by atoms with Gasteiger partial charge in [0.05, 0.1) is 0 Å². The van der Waals surface area contributed by atoms with Crippen molar-refractivity contribution in [3.63, 3.8) is 0 Å². The first-order valence-electron chi connectivity index (χ1n) is 4.75. The summed E-state index contributed by atoms with van der Waals surface area (Å²) in [5, 5.41) is 0. The third kappa shape index (κ3) is 7.86. The first-order valence-corrected chi connectivity index (χ1v) is 6.14. The van der Waals surface area contributed by atoms with Crippen LogP contribution in [0.1, 0.15) is 39.5 Å². The molecule has 0 aliphatic heterocycles. The fraction of sp³-hybridized carbons (Fsp3) is 1.00. The topological polar surface area (TPSA) is 57.6 Å². The van der Waals surface area contributed by atoms with E-state index in [9.17, 15) is 8.42 Å². The van der Waals surface area contributed by atoms with Gasteiger partial charge in [-0.05, 0) is 12.8 Å². The molecule has 0 aromatic heterocycles. The maximum Gasteiger partial charge on any atom is 0.335 e. The van der Waals surface area contributed by atoms with Crippen LogP contribution in [0.5, 0.6) is 0 Å².